The molecule has 5 nitrogen and oxygen atoms in total. The number of halogens is 1. The zero-order valence-electron chi connectivity index (χ0n) is 13.4. The number of ether oxygens (including phenoxy) is 1. The zero-order valence-corrected chi connectivity index (χ0v) is 14.2. The first kappa shape index (κ1) is 17.4. The van der Waals surface area contributed by atoms with Gasteiger partial charge in [-0.2, -0.15) is 9.57 Å². The Morgan fingerprint density at radius 3 is 2.32 bits per heavy atom. The van der Waals surface area contributed by atoms with Crippen molar-refractivity contribution in [1.82, 2.24) is 4.31 Å². The highest BCUT2D eigenvalue weighted by Gasteiger charge is 2.37. The molecule has 0 aliphatic heterocycles. The van der Waals surface area contributed by atoms with Gasteiger partial charge in [0.15, 0.2) is 0 Å². The van der Waals surface area contributed by atoms with Crippen LogP contribution in [0.4, 0.5) is 4.39 Å². The Morgan fingerprint density at radius 2 is 1.76 bits per heavy atom. The lowest BCUT2D eigenvalue weighted by molar-refractivity contribution is 0.269. The molecule has 7 heteroatoms. The smallest absolute Gasteiger partial charge is 0.243 e. The molecule has 1 fully saturated rings. The average Bonchev–Trinajstić information content (AvgIpc) is 3.45. The molecule has 0 aromatic heterocycles. The Morgan fingerprint density at radius 1 is 1.12 bits per heavy atom. The second-order valence-electron chi connectivity index (χ2n) is 5.79. The first-order valence-corrected chi connectivity index (χ1v) is 9.35. The highest BCUT2D eigenvalue weighted by Crippen LogP contribution is 2.32. The maximum atomic E-state index is 12.9. The Balaban J connectivity index is 1.69. The molecule has 0 spiro atoms. The standard InChI is InChI=1S/C18H17FN2O3S/c19-15-3-7-17(8-4-15)24-12-11-21(16-5-6-16)25(22,23)18-9-1-14(13-20)2-10-18/h1-4,7-10,16H,5-6,11-12H2. The minimum atomic E-state index is -3.64. The van der Waals surface area contributed by atoms with Gasteiger partial charge in [-0.15, -0.1) is 0 Å². The van der Waals surface area contributed by atoms with Gasteiger partial charge in [0, 0.05) is 12.6 Å². The van der Waals surface area contributed by atoms with Crippen LogP contribution in [-0.2, 0) is 10.0 Å². The van der Waals surface area contributed by atoms with Crippen molar-refractivity contribution in [2.75, 3.05) is 13.2 Å². The molecule has 0 N–H and O–H groups in total. The van der Waals surface area contributed by atoms with Crippen molar-refractivity contribution in [3.63, 3.8) is 0 Å². The minimum absolute atomic E-state index is 0.0162. The maximum absolute atomic E-state index is 12.9. The summed E-state index contributed by atoms with van der Waals surface area (Å²) in [5, 5.41) is 8.83. The van der Waals surface area contributed by atoms with Crippen LogP contribution in [0.25, 0.3) is 0 Å². The third-order valence-corrected chi connectivity index (χ3v) is 5.90. The van der Waals surface area contributed by atoms with E-state index in [2.05, 4.69) is 0 Å². The van der Waals surface area contributed by atoms with E-state index < -0.39 is 10.0 Å². The number of benzene rings is 2. The molecule has 0 amide bonds. The number of nitrogens with zero attached hydrogens (tertiary/aromatic N) is 2. The summed E-state index contributed by atoms with van der Waals surface area (Å²) in [5.74, 6) is 0.142. The fraction of sp³-hybridized carbons (Fsp3) is 0.278. The van der Waals surface area contributed by atoms with Crippen LogP contribution < -0.4 is 4.74 Å². The molecule has 25 heavy (non-hydrogen) atoms. The highest BCUT2D eigenvalue weighted by atomic mass is 32.2. The number of sulfonamides is 1. The van der Waals surface area contributed by atoms with E-state index in [-0.39, 0.29) is 29.9 Å². The van der Waals surface area contributed by atoms with Gasteiger partial charge in [-0.25, -0.2) is 12.8 Å². The van der Waals surface area contributed by atoms with E-state index in [1.807, 2.05) is 6.07 Å². The largest absolute Gasteiger partial charge is 0.492 e. The topological polar surface area (TPSA) is 70.4 Å². The van der Waals surface area contributed by atoms with E-state index in [4.69, 9.17) is 10.00 Å². The van der Waals surface area contributed by atoms with E-state index in [0.717, 1.165) is 12.8 Å². The third-order valence-electron chi connectivity index (χ3n) is 3.94. The normalized spacial score (nSPS) is 14.3. The third kappa shape index (κ3) is 4.16. The van der Waals surface area contributed by atoms with Gasteiger partial charge in [-0.3, -0.25) is 0 Å². The fourth-order valence-corrected chi connectivity index (χ4v) is 4.15. The zero-order chi connectivity index (χ0) is 17.9. The van der Waals surface area contributed by atoms with Crippen LogP contribution in [0.5, 0.6) is 5.75 Å². The fourth-order valence-electron chi connectivity index (χ4n) is 2.48. The summed E-state index contributed by atoms with van der Waals surface area (Å²) in [4.78, 5) is 0.167. The van der Waals surface area contributed by atoms with Crippen LogP contribution in [0.15, 0.2) is 53.4 Å². The molecule has 1 aliphatic rings. The van der Waals surface area contributed by atoms with Crippen molar-refractivity contribution in [3.05, 3.63) is 59.9 Å². The predicted molar refractivity (Wildman–Crippen MR) is 90.0 cm³/mol. The first-order chi connectivity index (χ1) is 12.0. The molecular weight excluding hydrogens is 343 g/mol. The number of hydrogen-bond acceptors (Lipinski definition) is 4. The lowest BCUT2D eigenvalue weighted by Gasteiger charge is -2.22. The second-order valence-corrected chi connectivity index (χ2v) is 7.68. The van der Waals surface area contributed by atoms with E-state index in [1.165, 1.54) is 52.8 Å². The van der Waals surface area contributed by atoms with Crippen LogP contribution in [-0.4, -0.2) is 31.9 Å². The van der Waals surface area contributed by atoms with E-state index in [1.54, 1.807) is 0 Å². The number of nitriles is 1. The van der Waals surface area contributed by atoms with Crippen LogP contribution in [0.2, 0.25) is 0 Å². The molecule has 0 heterocycles. The van der Waals surface area contributed by atoms with Gasteiger partial charge in [0.05, 0.1) is 16.5 Å². The molecule has 0 unspecified atom stereocenters. The van der Waals surface area contributed by atoms with Crippen LogP contribution in [0, 0.1) is 17.1 Å². The van der Waals surface area contributed by atoms with Gasteiger partial charge in [0.1, 0.15) is 18.2 Å². The Kier molecular flexibility index (Phi) is 5.02. The molecule has 2 aromatic carbocycles. The first-order valence-electron chi connectivity index (χ1n) is 7.91. The molecule has 1 aliphatic carbocycles. The van der Waals surface area contributed by atoms with E-state index in [9.17, 15) is 12.8 Å². The Bertz CT molecular complexity index is 870. The number of hydrogen-bond donors (Lipinski definition) is 0. The highest BCUT2D eigenvalue weighted by molar-refractivity contribution is 7.89. The quantitative estimate of drug-likeness (QED) is 0.761. The van der Waals surface area contributed by atoms with Crippen molar-refractivity contribution >= 4 is 10.0 Å². The molecule has 0 atom stereocenters. The summed E-state index contributed by atoms with van der Waals surface area (Å²) in [6.07, 6.45) is 1.65. The summed E-state index contributed by atoms with van der Waals surface area (Å²) in [7, 11) is -3.64. The van der Waals surface area contributed by atoms with Gasteiger partial charge < -0.3 is 4.74 Å². The van der Waals surface area contributed by atoms with Gasteiger partial charge in [-0.05, 0) is 61.4 Å². The molecule has 2 aromatic rings. The minimum Gasteiger partial charge on any atom is -0.492 e. The summed E-state index contributed by atoms with van der Waals surface area (Å²) in [5.41, 5.74) is 0.413. The monoisotopic (exact) mass is 360 g/mol. The average molecular weight is 360 g/mol. The second kappa shape index (κ2) is 7.21. The SMILES string of the molecule is N#Cc1ccc(S(=O)(=O)N(CCOc2ccc(F)cc2)C2CC2)cc1. The van der Waals surface area contributed by atoms with E-state index >= 15 is 0 Å². The van der Waals surface area contributed by atoms with Crippen LogP contribution in [0.1, 0.15) is 18.4 Å². The molecule has 0 radical (unpaired) electrons. The molecule has 3 rings (SSSR count). The van der Waals surface area contributed by atoms with Gasteiger partial charge in [0.25, 0.3) is 0 Å². The van der Waals surface area contributed by atoms with E-state index in [0.29, 0.717) is 11.3 Å². The molecule has 0 bridgehead atoms. The van der Waals surface area contributed by atoms with Crippen molar-refractivity contribution in [2.24, 2.45) is 0 Å². The van der Waals surface area contributed by atoms with Gasteiger partial charge in [0.2, 0.25) is 10.0 Å². The predicted octanol–water partition coefficient (Wildman–Crippen LogP) is 2.93. The molecular formula is C18H17FN2O3S. The van der Waals surface area contributed by atoms with Crippen LogP contribution in [0.3, 0.4) is 0 Å². The summed E-state index contributed by atoms with van der Waals surface area (Å²) in [6, 6.07) is 13.4. The lowest BCUT2D eigenvalue weighted by Crippen LogP contribution is -2.36. The van der Waals surface area contributed by atoms with Crippen molar-refractivity contribution in [2.45, 2.75) is 23.8 Å². The van der Waals surface area contributed by atoms with Crippen molar-refractivity contribution in [3.8, 4) is 11.8 Å². The summed E-state index contributed by atoms with van der Waals surface area (Å²) >= 11 is 0. The van der Waals surface area contributed by atoms with Crippen molar-refractivity contribution < 1.29 is 17.5 Å². The molecule has 1 saturated carbocycles. The van der Waals surface area contributed by atoms with Crippen molar-refractivity contribution in [1.29, 1.82) is 5.26 Å². The Labute approximate surface area is 146 Å². The number of rotatable bonds is 7. The Hall–Kier alpha value is -2.43. The summed E-state index contributed by atoms with van der Waals surface area (Å²) in [6.45, 7) is 0.391. The lowest BCUT2D eigenvalue weighted by atomic mass is 10.2. The van der Waals surface area contributed by atoms with Gasteiger partial charge in [-0.1, -0.05) is 0 Å². The maximum Gasteiger partial charge on any atom is 0.243 e. The van der Waals surface area contributed by atoms with Gasteiger partial charge >= 0.3 is 0 Å². The molecule has 0 saturated heterocycles. The van der Waals surface area contributed by atoms with Crippen LogP contribution >= 0.6 is 0 Å². The summed E-state index contributed by atoms with van der Waals surface area (Å²) < 4.78 is 45.5. The molecule has 130 valence electrons.